The second kappa shape index (κ2) is 13.0. The summed E-state index contributed by atoms with van der Waals surface area (Å²) in [5.41, 5.74) is 1.40. The second-order valence-corrected chi connectivity index (χ2v) is 7.51. The summed E-state index contributed by atoms with van der Waals surface area (Å²) in [7, 11) is 2.16. The third-order valence-corrected chi connectivity index (χ3v) is 5.41. The molecule has 120 valence electrons. The van der Waals surface area contributed by atoms with Crippen LogP contribution in [0.4, 0.5) is 0 Å². The topological polar surface area (TPSA) is 42.5 Å². The lowest BCUT2D eigenvalue weighted by molar-refractivity contribution is 0.276. The molecule has 0 saturated heterocycles. The molecule has 0 bridgehead atoms. The molecular formula is C16H30N2O2Si. The number of benzene rings is 1. The summed E-state index contributed by atoms with van der Waals surface area (Å²) < 4.78 is 10.6. The summed E-state index contributed by atoms with van der Waals surface area (Å²) in [5.74, 6) is 0. The summed E-state index contributed by atoms with van der Waals surface area (Å²) >= 11 is 0. The molecule has 2 N–H and O–H groups in total. The molecule has 0 fully saturated rings. The van der Waals surface area contributed by atoms with Crippen molar-refractivity contribution >= 4 is 9.28 Å². The molecule has 21 heavy (non-hydrogen) atoms. The lowest BCUT2D eigenvalue weighted by Crippen LogP contribution is -2.29. The number of nitrogens with one attached hydrogen (secondary N) is 2. The predicted molar refractivity (Wildman–Crippen MR) is 91.1 cm³/mol. The van der Waals surface area contributed by atoms with Crippen molar-refractivity contribution in [2.75, 3.05) is 40.4 Å². The average molecular weight is 311 g/mol. The highest BCUT2D eigenvalue weighted by atomic mass is 28.3. The number of hydrogen-bond donors (Lipinski definition) is 2. The lowest BCUT2D eigenvalue weighted by Gasteiger charge is -2.10. The Morgan fingerprint density at radius 3 is 2.19 bits per heavy atom. The minimum absolute atomic E-state index is 1.03. The van der Waals surface area contributed by atoms with Gasteiger partial charge in [-0.15, -0.1) is 0 Å². The van der Waals surface area contributed by atoms with E-state index >= 15 is 0 Å². The van der Waals surface area contributed by atoms with E-state index in [1.807, 2.05) is 0 Å². The smallest absolute Gasteiger partial charge is 0.320 e. The molecule has 0 aliphatic carbocycles. The van der Waals surface area contributed by atoms with E-state index in [-0.39, 0.29) is 0 Å². The maximum atomic E-state index is 5.29. The molecule has 0 aliphatic rings. The van der Waals surface area contributed by atoms with Crippen molar-refractivity contribution in [1.82, 2.24) is 10.6 Å². The average Bonchev–Trinajstić information content (AvgIpc) is 2.54. The van der Waals surface area contributed by atoms with E-state index in [0.717, 1.165) is 38.6 Å². The quantitative estimate of drug-likeness (QED) is 0.430. The Hall–Kier alpha value is -0.723. The van der Waals surface area contributed by atoms with Gasteiger partial charge in [0.15, 0.2) is 0 Å². The fourth-order valence-electron chi connectivity index (χ4n) is 2.20. The first-order valence-electron chi connectivity index (χ1n) is 7.87. The first kappa shape index (κ1) is 18.3. The van der Waals surface area contributed by atoms with Crippen molar-refractivity contribution in [3.8, 4) is 0 Å². The molecule has 0 heterocycles. The molecule has 0 saturated carbocycles. The molecule has 0 amide bonds. The van der Waals surface area contributed by atoms with E-state index in [1.54, 1.807) is 14.2 Å². The van der Waals surface area contributed by atoms with E-state index < -0.39 is 9.28 Å². The van der Waals surface area contributed by atoms with E-state index in [2.05, 4.69) is 41.0 Å². The van der Waals surface area contributed by atoms with Crippen LogP contribution >= 0.6 is 0 Å². The molecule has 0 aromatic heterocycles. The van der Waals surface area contributed by atoms with Crippen LogP contribution in [0.2, 0.25) is 6.04 Å². The summed E-state index contributed by atoms with van der Waals surface area (Å²) in [6.45, 7) is 4.18. The van der Waals surface area contributed by atoms with E-state index in [4.69, 9.17) is 8.85 Å². The highest BCUT2D eigenvalue weighted by molar-refractivity contribution is 6.44. The van der Waals surface area contributed by atoms with Gasteiger partial charge < -0.3 is 19.5 Å². The van der Waals surface area contributed by atoms with Crippen LogP contribution in [0, 0.1) is 0 Å². The van der Waals surface area contributed by atoms with Crippen molar-refractivity contribution < 1.29 is 8.85 Å². The number of rotatable bonds is 13. The molecular weight excluding hydrogens is 280 g/mol. The largest absolute Gasteiger partial charge is 0.400 e. The summed E-state index contributed by atoms with van der Waals surface area (Å²) in [6.07, 6.45) is 3.48. The van der Waals surface area contributed by atoms with Gasteiger partial charge in [-0.3, -0.25) is 0 Å². The van der Waals surface area contributed by atoms with Crippen LogP contribution in [0.15, 0.2) is 30.3 Å². The number of unbranched alkanes of at least 4 members (excludes halogenated alkanes) is 1. The van der Waals surface area contributed by atoms with E-state index in [0.29, 0.717) is 0 Å². The standard InChI is InChI=1S/C16H30N2O2Si/c1-19-21(20-2)15-7-6-11-17-13-14-18-12-10-16-8-4-3-5-9-16/h3-5,8-9,17-18,21H,6-7,10-15H2,1-2H3. The van der Waals surface area contributed by atoms with Gasteiger partial charge in [0.25, 0.3) is 0 Å². The van der Waals surface area contributed by atoms with Crippen molar-refractivity contribution in [2.24, 2.45) is 0 Å². The van der Waals surface area contributed by atoms with Gasteiger partial charge in [-0.25, -0.2) is 0 Å². The molecule has 1 aromatic carbocycles. The first-order valence-corrected chi connectivity index (χ1v) is 9.63. The second-order valence-electron chi connectivity index (χ2n) is 5.13. The summed E-state index contributed by atoms with van der Waals surface area (Å²) in [4.78, 5) is 0. The Bertz CT molecular complexity index is 334. The Kier molecular flexibility index (Phi) is 11.3. The van der Waals surface area contributed by atoms with Gasteiger partial charge in [-0.05, 0) is 37.5 Å². The third-order valence-electron chi connectivity index (χ3n) is 3.48. The van der Waals surface area contributed by atoms with Gasteiger partial charge in [-0.1, -0.05) is 36.8 Å². The van der Waals surface area contributed by atoms with Crippen LogP contribution in [0.5, 0.6) is 0 Å². The molecule has 0 unspecified atom stereocenters. The maximum Gasteiger partial charge on any atom is 0.320 e. The number of hydrogen-bond acceptors (Lipinski definition) is 4. The van der Waals surface area contributed by atoms with E-state index in [1.165, 1.54) is 18.4 Å². The molecule has 0 atom stereocenters. The van der Waals surface area contributed by atoms with Crippen LogP contribution in [-0.2, 0) is 15.3 Å². The highest BCUT2D eigenvalue weighted by Crippen LogP contribution is 2.01. The Labute approximate surface area is 131 Å². The Balaban J connectivity index is 1.82. The fraction of sp³-hybridized carbons (Fsp3) is 0.625. The van der Waals surface area contributed by atoms with Crippen LogP contribution in [-0.4, -0.2) is 49.7 Å². The van der Waals surface area contributed by atoms with Gasteiger partial charge in [0.2, 0.25) is 0 Å². The van der Waals surface area contributed by atoms with Crippen LogP contribution in [0.3, 0.4) is 0 Å². The Morgan fingerprint density at radius 1 is 0.857 bits per heavy atom. The van der Waals surface area contributed by atoms with E-state index in [9.17, 15) is 0 Å². The molecule has 1 rings (SSSR count). The zero-order valence-electron chi connectivity index (χ0n) is 13.4. The fourth-order valence-corrected chi connectivity index (χ4v) is 3.48. The third kappa shape index (κ3) is 9.76. The maximum absolute atomic E-state index is 5.29. The van der Waals surface area contributed by atoms with Crippen LogP contribution in [0.25, 0.3) is 0 Å². The predicted octanol–water partition coefficient (Wildman–Crippen LogP) is 1.70. The van der Waals surface area contributed by atoms with Gasteiger partial charge in [-0.2, -0.15) is 0 Å². The van der Waals surface area contributed by atoms with Crippen LogP contribution < -0.4 is 10.6 Å². The molecule has 4 nitrogen and oxygen atoms in total. The Morgan fingerprint density at radius 2 is 1.52 bits per heavy atom. The molecule has 1 aromatic rings. The summed E-state index contributed by atoms with van der Waals surface area (Å²) in [6, 6.07) is 11.7. The van der Waals surface area contributed by atoms with Crippen molar-refractivity contribution in [1.29, 1.82) is 0 Å². The SMILES string of the molecule is CO[SiH](CCCCNCCNCCc1ccccc1)OC. The minimum atomic E-state index is -1.34. The first-order chi connectivity index (χ1) is 10.4. The molecule has 5 heteroatoms. The summed E-state index contributed by atoms with van der Waals surface area (Å²) in [5, 5.41) is 6.93. The van der Waals surface area contributed by atoms with Gasteiger partial charge in [0.1, 0.15) is 0 Å². The molecule has 0 aliphatic heterocycles. The van der Waals surface area contributed by atoms with Crippen LogP contribution in [0.1, 0.15) is 18.4 Å². The highest BCUT2D eigenvalue weighted by Gasteiger charge is 2.07. The monoisotopic (exact) mass is 310 g/mol. The molecule has 0 radical (unpaired) electrons. The lowest BCUT2D eigenvalue weighted by atomic mass is 10.1. The van der Waals surface area contributed by atoms with Gasteiger partial charge in [0, 0.05) is 27.3 Å². The zero-order chi connectivity index (χ0) is 15.2. The van der Waals surface area contributed by atoms with Crippen molar-refractivity contribution in [3.63, 3.8) is 0 Å². The molecule has 0 spiro atoms. The normalized spacial score (nSPS) is 11.2. The van der Waals surface area contributed by atoms with Gasteiger partial charge >= 0.3 is 9.28 Å². The van der Waals surface area contributed by atoms with Crippen molar-refractivity contribution in [2.45, 2.75) is 25.3 Å². The van der Waals surface area contributed by atoms with Crippen molar-refractivity contribution in [3.05, 3.63) is 35.9 Å². The minimum Gasteiger partial charge on any atom is -0.400 e. The van der Waals surface area contributed by atoms with Gasteiger partial charge in [0.05, 0.1) is 0 Å². The zero-order valence-corrected chi connectivity index (χ0v) is 14.6.